The zero-order valence-electron chi connectivity index (χ0n) is 47.0. The number of aromatic nitrogens is 1. The molecule has 5 bridgehead atoms. The van der Waals surface area contributed by atoms with Gasteiger partial charge >= 0.3 is 11.8 Å². The first-order valence-electron chi connectivity index (χ1n) is 26.2. The molecule has 3 aromatic carbocycles. The van der Waals surface area contributed by atoms with Crippen molar-refractivity contribution in [3.63, 3.8) is 0 Å². The highest BCUT2D eigenvalue weighted by Gasteiger charge is 2.50. The van der Waals surface area contributed by atoms with E-state index in [9.17, 15) is 44.7 Å². The molecule has 22 nitrogen and oxygen atoms in total. The number of aliphatic hydroxyl groups excluding tert-OH is 2. The number of likely N-dealkylation sites (N-methyl/N-ethyl adjacent to an activating group) is 1. The number of esters is 1. The Bertz CT molecular complexity index is 3070. The van der Waals surface area contributed by atoms with Crippen molar-refractivity contribution in [3.8, 4) is 28.7 Å². The van der Waals surface area contributed by atoms with Crippen LogP contribution in [-0.4, -0.2) is 153 Å². The molecular formula is C58H74N8O14. The van der Waals surface area contributed by atoms with Gasteiger partial charge in [0.1, 0.15) is 35.7 Å². The number of phenols is 3. The number of phenolic OH excluding ortho intramolecular Hbond substituents is 3. The number of hydrogen-bond donors (Lipinski definition) is 8. The fraction of sp³-hybridized carbons (Fsp3) is 0.431. The molecule has 9 N–H and O–H groups in total. The molecule has 4 aliphatic heterocycles. The molecule has 22 heteroatoms. The average Bonchev–Trinajstić information content (AvgIpc) is 3.85. The van der Waals surface area contributed by atoms with E-state index < -0.39 is 88.8 Å². The lowest BCUT2D eigenvalue weighted by Gasteiger charge is -2.38. The molecule has 0 saturated carbocycles. The van der Waals surface area contributed by atoms with Crippen LogP contribution in [0.4, 0.5) is 5.69 Å². The topological polar surface area (TPSA) is 310 Å². The first-order chi connectivity index (χ1) is 37.9. The minimum Gasteiger partial charge on any atom is -0.507 e. The highest BCUT2D eigenvalue weighted by atomic mass is 16.7. The minimum absolute atomic E-state index is 0.0559. The standard InChI is InChI=1S/C43H58N4O12.C15H16N4O2/c1-21-12-11-13-22(2)42(55)45-33-28(20-44-47-17-15-46(9)16-18-47)37(52)30-31(38(33)53)36(51)26(6)40-32(30)41(54)43(8,59-40)57-19-14-29(56-10)23(3)39(58-27(7)48)25(5)35(50)24(4)34(21)49;1-11-3-2-4-13(9-11)21-10-14(16)18-19-15(20)12-5-7-17-8-6-12/h11-14,19-21,23-25,29,34-35,39,49-53H,15-18H2,1-10H3,(H,45,55);2-9H,10H2,1H3,(H2,16,18)(H,19,20)/b12-11+,19-14+,22-13-,44-20-;/t21-,23+,24+,25+,29-,34-,35+,39+,43-;/m0./s1. The van der Waals surface area contributed by atoms with Crippen molar-refractivity contribution in [1.82, 2.24) is 20.3 Å². The number of hydrazone groups is 2. The molecule has 5 heterocycles. The van der Waals surface area contributed by atoms with Gasteiger partial charge in [0, 0.05) is 105 Å². The number of Topliss-reactive ketones (excluding diaryl/α,β-unsaturated/α-hetero) is 1. The van der Waals surface area contributed by atoms with Crippen LogP contribution in [0.25, 0.3) is 10.8 Å². The van der Waals surface area contributed by atoms with Crippen LogP contribution in [-0.2, 0) is 23.8 Å². The zero-order chi connectivity index (χ0) is 58.7. The third-order valence-electron chi connectivity index (χ3n) is 14.5. The molecule has 430 valence electrons. The van der Waals surface area contributed by atoms with Gasteiger partial charge < -0.3 is 65.2 Å². The Morgan fingerprint density at radius 2 is 1.62 bits per heavy atom. The number of rotatable bonds is 9. The summed E-state index contributed by atoms with van der Waals surface area (Å²) in [6.07, 6.45) is 7.92. The zero-order valence-corrected chi connectivity index (χ0v) is 47.0. The third-order valence-corrected chi connectivity index (χ3v) is 14.5. The van der Waals surface area contributed by atoms with Gasteiger partial charge in [0.2, 0.25) is 0 Å². The van der Waals surface area contributed by atoms with Gasteiger partial charge in [0.25, 0.3) is 17.6 Å². The fourth-order valence-corrected chi connectivity index (χ4v) is 9.51. The van der Waals surface area contributed by atoms with Gasteiger partial charge in [-0.15, -0.1) is 0 Å². The fourth-order valence-electron chi connectivity index (χ4n) is 9.51. The molecule has 0 aliphatic carbocycles. The van der Waals surface area contributed by atoms with Crippen LogP contribution < -0.4 is 25.9 Å². The number of nitrogens with two attached hydrogens (primary N) is 1. The molecule has 0 radical (unpaired) electrons. The number of ketones is 1. The molecule has 80 heavy (non-hydrogen) atoms. The number of nitrogens with one attached hydrogen (secondary N) is 2. The van der Waals surface area contributed by atoms with Crippen LogP contribution >= 0.6 is 0 Å². The number of allylic oxidation sites excluding steroid dienone is 2. The van der Waals surface area contributed by atoms with Gasteiger partial charge in [0.05, 0.1) is 53.0 Å². The molecule has 4 aliphatic rings. The van der Waals surface area contributed by atoms with E-state index in [0.29, 0.717) is 24.4 Å². The van der Waals surface area contributed by atoms with Crippen LogP contribution in [0, 0.1) is 37.5 Å². The number of anilines is 1. The number of aromatic hydroxyl groups is 3. The molecule has 9 atom stereocenters. The summed E-state index contributed by atoms with van der Waals surface area (Å²) in [6, 6.07) is 10.8. The summed E-state index contributed by atoms with van der Waals surface area (Å²) < 4.78 is 29.1. The molecule has 2 amide bonds. The van der Waals surface area contributed by atoms with E-state index in [1.165, 1.54) is 71.8 Å². The number of carbonyl (C=O) groups is 4. The minimum atomic E-state index is -2.04. The van der Waals surface area contributed by atoms with E-state index in [1.54, 1.807) is 57.0 Å². The number of piperazine rings is 1. The van der Waals surface area contributed by atoms with Crippen molar-refractivity contribution < 1.29 is 68.4 Å². The van der Waals surface area contributed by atoms with Crippen LogP contribution in [0.1, 0.15) is 85.9 Å². The van der Waals surface area contributed by atoms with Crippen molar-refractivity contribution in [3.05, 3.63) is 113 Å². The Kier molecular flexibility index (Phi) is 20.4. The van der Waals surface area contributed by atoms with Gasteiger partial charge in [-0.25, -0.2) is 5.43 Å². The number of amides is 2. The average molecular weight is 1110 g/mol. The Morgan fingerprint density at radius 3 is 2.27 bits per heavy atom. The molecule has 0 unspecified atom stereocenters. The van der Waals surface area contributed by atoms with E-state index in [-0.39, 0.29) is 62.8 Å². The van der Waals surface area contributed by atoms with Crippen LogP contribution in [0.15, 0.2) is 95.1 Å². The van der Waals surface area contributed by atoms with E-state index in [4.69, 9.17) is 29.4 Å². The second kappa shape index (κ2) is 26.7. The molecule has 1 saturated heterocycles. The van der Waals surface area contributed by atoms with Crippen LogP contribution in [0.2, 0.25) is 0 Å². The van der Waals surface area contributed by atoms with E-state index in [2.05, 4.69) is 30.8 Å². The summed E-state index contributed by atoms with van der Waals surface area (Å²) in [7, 11) is 3.42. The number of benzene rings is 3. The maximum atomic E-state index is 14.4. The number of carbonyl (C=O) groups excluding carboxylic acids is 4. The maximum absolute atomic E-state index is 14.4. The molecular weight excluding hydrogens is 1030 g/mol. The van der Waals surface area contributed by atoms with E-state index in [0.717, 1.165) is 18.7 Å². The Balaban J connectivity index is 0.000000410. The number of aliphatic hydroxyl groups is 2. The van der Waals surface area contributed by atoms with Crippen molar-refractivity contribution in [2.24, 2.45) is 39.6 Å². The van der Waals surface area contributed by atoms with Gasteiger partial charge in [-0.2, -0.15) is 10.2 Å². The summed E-state index contributed by atoms with van der Waals surface area (Å²) in [6.45, 7) is 17.2. The Labute approximate surface area is 465 Å². The molecule has 0 spiro atoms. The number of amidine groups is 1. The molecule has 4 aromatic rings. The molecule has 1 aromatic heterocycles. The smallest absolute Gasteiger partial charge is 0.312 e. The van der Waals surface area contributed by atoms with Crippen molar-refractivity contribution in [1.29, 1.82) is 0 Å². The number of pyridine rings is 1. The molecule has 1 fully saturated rings. The number of ether oxygens (including phenoxy) is 5. The van der Waals surface area contributed by atoms with Gasteiger partial charge in [0.15, 0.2) is 11.6 Å². The predicted molar refractivity (Wildman–Crippen MR) is 300 cm³/mol. The SMILES string of the molecule is CO[C@H]1/C=C/O[C@@]2(C)Oc3c(C)c(O)c4c(O)c(c(/C=N\N5CCN(C)CC5)c(O)c4c3C2=O)NC(=O)/C(C)=C\C=C\[C@H](C)[C@H](O)[C@@H](C)[C@@H](O)[C@@H](C)[C@H](OC(C)=O)[C@@H]1C.Cc1cccc(OC/C(N)=N\NC(=O)c2ccncc2)c1. The normalized spacial score (nSPS) is 26.5. The number of aryl methyl sites for hydroxylation is 1. The maximum Gasteiger partial charge on any atom is 0.312 e. The number of fused-ring (bicyclic) bond motifs is 14. The van der Waals surface area contributed by atoms with Crippen LogP contribution in [0.3, 0.4) is 0 Å². The first-order valence-corrected chi connectivity index (χ1v) is 26.2. The van der Waals surface area contributed by atoms with Crippen LogP contribution in [0.5, 0.6) is 28.7 Å². The summed E-state index contributed by atoms with van der Waals surface area (Å²) in [5.41, 5.74) is 9.25. The highest BCUT2D eigenvalue weighted by Crippen LogP contribution is 2.55. The lowest BCUT2D eigenvalue weighted by molar-refractivity contribution is -0.160. The summed E-state index contributed by atoms with van der Waals surface area (Å²) in [5, 5.41) is 70.6. The Morgan fingerprint density at radius 1 is 0.938 bits per heavy atom. The first kappa shape index (κ1) is 61.2. The summed E-state index contributed by atoms with van der Waals surface area (Å²) >= 11 is 0. The largest absolute Gasteiger partial charge is 0.507 e. The predicted octanol–water partition coefficient (Wildman–Crippen LogP) is 5.81. The van der Waals surface area contributed by atoms with Crippen molar-refractivity contribution in [2.45, 2.75) is 92.5 Å². The Hall–Kier alpha value is -8.05. The monoisotopic (exact) mass is 1110 g/mol. The second-order valence-corrected chi connectivity index (χ2v) is 20.5. The quantitative estimate of drug-likeness (QED) is 0.0245. The number of methoxy groups -OCH3 is 1. The number of hydrogen-bond acceptors (Lipinski definition) is 19. The summed E-state index contributed by atoms with van der Waals surface area (Å²) in [5.74, 6) is -7.81. The summed E-state index contributed by atoms with van der Waals surface area (Å²) in [4.78, 5) is 58.2. The third kappa shape index (κ3) is 14.2. The van der Waals surface area contributed by atoms with Gasteiger partial charge in [-0.1, -0.05) is 58.1 Å². The lowest BCUT2D eigenvalue weighted by Crippen LogP contribution is -2.46. The number of nitrogens with zero attached hydrogens (tertiary/aromatic N) is 5. The van der Waals surface area contributed by atoms with Gasteiger partial charge in [-0.3, -0.25) is 29.2 Å². The molecule has 8 rings (SSSR count). The van der Waals surface area contributed by atoms with Gasteiger partial charge in [-0.05, 0) is 63.7 Å². The second-order valence-electron chi connectivity index (χ2n) is 20.5. The van der Waals surface area contributed by atoms with Crippen molar-refractivity contribution >= 4 is 52.1 Å². The van der Waals surface area contributed by atoms with Crippen molar-refractivity contribution in [2.75, 3.05) is 52.3 Å². The van der Waals surface area contributed by atoms with E-state index >= 15 is 0 Å². The van der Waals surface area contributed by atoms with E-state index in [1.807, 2.05) is 38.2 Å². The highest BCUT2D eigenvalue weighted by molar-refractivity contribution is 6.24. The lowest BCUT2D eigenvalue weighted by atomic mass is 9.78.